The molecule has 1 aliphatic carbocycles. The zero-order valence-electron chi connectivity index (χ0n) is 20.2. The number of carbonyl (C=O) groups is 2. The number of esters is 1. The highest BCUT2D eigenvalue weighted by atomic mass is 79.9. The van der Waals surface area contributed by atoms with Crippen LogP contribution in [0.2, 0.25) is 0 Å². The summed E-state index contributed by atoms with van der Waals surface area (Å²) in [6.45, 7) is 2.18. The molecule has 1 aliphatic heterocycles. The van der Waals surface area contributed by atoms with Gasteiger partial charge in [-0.05, 0) is 48.1 Å². The van der Waals surface area contributed by atoms with E-state index in [1.54, 1.807) is 0 Å². The molecular formula is C31H28BrNO3. The van der Waals surface area contributed by atoms with Gasteiger partial charge in [-0.25, -0.2) is 4.79 Å². The van der Waals surface area contributed by atoms with Crippen molar-refractivity contribution in [2.45, 2.75) is 38.0 Å². The van der Waals surface area contributed by atoms with Crippen LogP contribution in [0.3, 0.4) is 0 Å². The smallest absolute Gasteiger partial charge is 0.336 e. The van der Waals surface area contributed by atoms with Gasteiger partial charge in [0.25, 0.3) is 0 Å². The highest BCUT2D eigenvalue weighted by Crippen LogP contribution is 2.45. The minimum absolute atomic E-state index is 0.0765. The second-order valence-electron chi connectivity index (χ2n) is 9.35. The van der Waals surface area contributed by atoms with E-state index < -0.39 is 5.92 Å². The molecule has 2 unspecified atom stereocenters. The van der Waals surface area contributed by atoms with Crippen LogP contribution in [0.4, 0.5) is 0 Å². The van der Waals surface area contributed by atoms with Crippen LogP contribution in [0.15, 0.2) is 112 Å². The second kappa shape index (κ2) is 10.7. The van der Waals surface area contributed by atoms with Gasteiger partial charge in [0, 0.05) is 40.2 Å². The molecule has 0 spiro atoms. The number of hydrogen-bond donors (Lipinski definition) is 1. The average Bonchev–Trinajstić information content (AvgIpc) is 2.89. The number of halogens is 1. The summed E-state index contributed by atoms with van der Waals surface area (Å²) in [5, 5.41) is 3.43. The minimum Gasteiger partial charge on any atom is -0.462 e. The van der Waals surface area contributed by atoms with Gasteiger partial charge >= 0.3 is 5.97 Å². The first-order valence-corrected chi connectivity index (χ1v) is 13.1. The predicted molar refractivity (Wildman–Crippen MR) is 144 cm³/mol. The van der Waals surface area contributed by atoms with Crippen molar-refractivity contribution in [3.63, 3.8) is 0 Å². The van der Waals surface area contributed by atoms with Crippen molar-refractivity contribution in [1.29, 1.82) is 0 Å². The fourth-order valence-corrected chi connectivity index (χ4v) is 5.51. The van der Waals surface area contributed by atoms with Gasteiger partial charge in [-0.15, -0.1) is 0 Å². The molecule has 0 fully saturated rings. The number of rotatable bonds is 6. The van der Waals surface area contributed by atoms with E-state index in [1.165, 1.54) is 0 Å². The van der Waals surface area contributed by atoms with Gasteiger partial charge in [-0.3, -0.25) is 4.79 Å². The van der Waals surface area contributed by atoms with E-state index in [0.717, 1.165) is 39.0 Å². The average molecular weight is 542 g/mol. The van der Waals surface area contributed by atoms with Crippen LogP contribution in [0.25, 0.3) is 0 Å². The standard InChI is InChI=1S/C31H28BrNO3/c1-20-28(31(35)36-17-16-21-8-4-2-5-9-21)29(23-12-14-25(32)15-13-23)30-26(33-20)18-24(19-27(30)34)22-10-6-3-7-11-22/h2-15,24,29,33H,16-19H2,1H3. The van der Waals surface area contributed by atoms with Crippen LogP contribution in [-0.2, 0) is 20.7 Å². The van der Waals surface area contributed by atoms with Crippen molar-refractivity contribution >= 4 is 27.7 Å². The van der Waals surface area contributed by atoms with Crippen LogP contribution in [-0.4, -0.2) is 18.4 Å². The number of Topliss-reactive ketones (excluding diaryl/α,β-unsaturated/α-hetero) is 1. The molecule has 0 saturated carbocycles. The molecule has 3 aromatic carbocycles. The topological polar surface area (TPSA) is 55.4 Å². The molecule has 182 valence electrons. The Bertz CT molecular complexity index is 1330. The number of ether oxygens (including phenoxy) is 1. The minimum atomic E-state index is -0.456. The molecule has 0 aromatic heterocycles. The van der Waals surface area contributed by atoms with Crippen molar-refractivity contribution < 1.29 is 14.3 Å². The summed E-state index contributed by atoms with van der Waals surface area (Å²) in [5.74, 6) is -0.647. The Morgan fingerprint density at radius 3 is 2.28 bits per heavy atom. The molecule has 0 radical (unpaired) electrons. The molecule has 36 heavy (non-hydrogen) atoms. The summed E-state index contributed by atoms with van der Waals surface area (Å²) in [4.78, 5) is 27.1. The van der Waals surface area contributed by atoms with E-state index in [1.807, 2.05) is 79.7 Å². The Labute approximate surface area is 220 Å². The predicted octanol–water partition coefficient (Wildman–Crippen LogP) is 6.60. The molecule has 0 saturated heterocycles. The lowest BCUT2D eigenvalue weighted by atomic mass is 9.72. The highest BCUT2D eigenvalue weighted by molar-refractivity contribution is 9.10. The normalized spacial score (nSPS) is 19.6. The first-order chi connectivity index (χ1) is 17.5. The first-order valence-electron chi connectivity index (χ1n) is 12.3. The van der Waals surface area contributed by atoms with Crippen molar-refractivity contribution in [3.05, 3.63) is 129 Å². The van der Waals surface area contributed by atoms with Crippen LogP contribution in [0, 0.1) is 0 Å². The summed E-state index contributed by atoms with van der Waals surface area (Å²) >= 11 is 3.50. The number of dihydropyridines is 1. The number of allylic oxidation sites excluding steroid dienone is 3. The van der Waals surface area contributed by atoms with E-state index in [-0.39, 0.29) is 24.3 Å². The van der Waals surface area contributed by atoms with Gasteiger partial charge in [0.15, 0.2) is 5.78 Å². The molecule has 0 amide bonds. The Kier molecular flexibility index (Phi) is 7.19. The Balaban J connectivity index is 1.46. The molecule has 3 aromatic rings. The SMILES string of the molecule is CC1=C(C(=O)OCCc2ccccc2)C(c2ccc(Br)cc2)C2=C(CC(c3ccccc3)CC2=O)N1. The number of ketones is 1. The molecule has 5 rings (SSSR count). The molecule has 4 nitrogen and oxygen atoms in total. The summed E-state index contributed by atoms with van der Waals surface area (Å²) < 4.78 is 6.70. The van der Waals surface area contributed by atoms with Crippen LogP contribution in [0.5, 0.6) is 0 Å². The van der Waals surface area contributed by atoms with E-state index >= 15 is 0 Å². The van der Waals surface area contributed by atoms with Crippen molar-refractivity contribution in [3.8, 4) is 0 Å². The maximum absolute atomic E-state index is 13.7. The lowest BCUT2D eigenvalue weighted by molar-refractivity contribution is -0.139. The third-order valence-electron chi connectivity index (χ3n) is 6.99. The van der Waals surface area contributed by atoms with Crippen molar-refractivity contribution in [2.75, 3.05) is 6.61 Å². The summed E-state index contributed by atoms with van der Waals surface area (Å²) in [5.41, 5.74) is 6.03. The number of hydrogen-bond acceptors (Lipinski definition) is 4. The van der Waals surface area contributed by atoms with Crippen LogP contribution >= 0.6 is 15.9 Å². The number of nitrogens with one attached hydrogen (secondary N) is 1. The molecular weight excluding hydrogens is 514 g/mol. The molecule has 1 N–H and O–H groups in total. The Morgan fingerprint density at radius 2 is 1.58 bits per heavy atom. The maximum Gasteiger partial charge on any atom is 0.336 e. The molecule has 2 atom stereocenters. The Hall–Kier alpha value is -3.44. The van der Waals surface area contributed by atoms with Gasteiger partial charge in [-0.1, -0.05) is 88.7 Å². The fourth-order valence-electron chi connectivity index (χ4n) is 5.24. The molecule has 2 aliphatic rings. The third-order valence-corrected chi connectivity index (χ3v) is 7.52. The van der Waals surface area contributed by atoms with Crippen molar-refractivity contribution in [2.24, 2.45) is 0 Å². The summed E-state index contributed by atoms with van der Waals surface area (Å²) in [7, 11) is 0. The largest absolute Gasteiger partial charge is 0.462 e. The molecule has 1 heterocycles. The van der Waals surface area contributed by atoms with E-state index in [4.69, 9.17) is 4.74 Å². The quantitative estimate of drug-likeness (QED) is 0.357. The number of carbonyl (C=O) groups excluding carboxylic acids is 2. The maximum atomic E-state index is 13.7. The number of benzene rings is 3. The van der Waals surface area contributed by atoms with E-state index in [2.05, 4.69) is 33.4 Å². The zero-order chi connectivity index (χ0) is 25.1. The fraction of sp³-hybridized carbons (Fsp3) is 0.226. The van der Waals surface area contributed by atoms with E-state index in [0.29, 0.717) is 24.0 Å². The lowest BCUT2D eigenvalue weighted by Gasteiger charge is -2.36. The van der Waals surface area contributed by atoms with Gasteiger partial charge < -0.3 is 10.1 Å². The zero-order valence-corrected chi connectivity index (χ0v) is 21.8. The van der Waals surface area contributed by atoms with Gasteiger partial charge in [0.05, 0.1) is 12.2 Å². The van der Waals surface area contributed by atoms with Crippen molar-refractivity contribution in [1.82, 2.24) is 5.32 Å². The second-order valence-corrected chi connectivity index (χ2v) is 10.3. The van der Waals surface area contributed by atoms with Gasteiger partial charge in [0.2, 0.25) is 0 Å². The molecule has 5 heteroatoms. The van der Waals surface area contributed by atoms with Gasteiger partial charge in [-0.2, -0.15) is 0 Å². The van der Waals surface area contributed by atoms with Crippen LogP contribution in [0.1, 0.15) is 48.3 Å². The summed E-state index contributed by atoms with van der Waals surface area (Å²) in [6, 6.07) is 28.0. The monoisotopic (exact) mass is 541 g/mol. The first kappa shape index (κ1) is 24.3. The Morgan fingerprint density at radius 1 is 0.917 bits per heavy atom. The highest BCUT2D eigenvalue weighted by Gasteiger charge is 2.41. The molecule has 0 bridgehead atoms. The summed E-state index contributed by atoms with van der Waals surface area (Å²) in [6.07, 6.45) is 1.79. The lowest BCUT2D eigenvalue weighted by Crippen LogP contribution is -2.36. The van der Waals surface area contributed by atoms with E-state index in [9.17, 15) is 9.59 Å². The van der Waals surface area contributed by atoms with Gasteiger partial charge in [0.1, 0.15) is 0 Å². The third kappa shape index (κ3) is 5.07. The van der Waals surface area contributed by atoms with Crippen LogP contribution < -0.4 is 5.32 Å².